The number of hydrogen-bond donors (Lipinski definition) is 4. The summed E-state index contributed by atoms with van der Waals surface area (Å²) in [7, 11) is 0. The van der Waals surface area contributed by atoms with E-state index in [0.29, 0.717) is 6.54 Å². The second-order valence-electron chi connectivity index (χ2n) is 4.79. The average molecular weight is 303 g/mol. The molecule has 0 aromatic carbocycles. The van der Waals surface area contributed by atoms with Crippen molar-refractivity contribution in [2.45, 2.75) is 67.0 Å². The SMILES string of the molecule is CC(C)(N)O.CCCC.CCN(CC)CC.NCCO.[H-].[Li+]. The van der Waals surface area contributed by atoms with Gasteiger partial charge < -0.3 is 28.0 Å². The summed E-state index contributed by atoms with van der Waals surface area (Å²) in [5.41, 5.74) is 8.69. The van der Waals surface area contributed by atoms with Crippen LogP contribution in [0.2, 0.25) is 0 Å². The minimum atomic E-state index is -1.00. The third-order valence-corrected chi connectivity index (χ3v) is 1.97. The van der Waals surface area contributed by atoms with Crippen molar-refractivity contribution in [3.63, 3.8) is 0 Å². The Kier molecular flexibility index (Phi) is 45.0. The fourth-order valence-corrected chi connectivity index (χ4v) is 0.671. The van der Waals surface area contributed by atoms with Gasteiger partial charge in [0.15, 0.2) is 0 Å². The molecule has 0 aliphatic carbocycles. The first-order chi connectivity index (χ1) is 9.17. The van der Waals surface area contributed by atoms with Gasteiger partial charge in [0.05, 0.1) is 6.61 Å². The van der Waals surface area contributed by atoms with Crippen LogP contribution in [-0.4, -0.2) is 53.6 Å². The predicted molar refractivity (Wildman–Crippen MR) is 91.8 cm³/mol. The van der Waals surface area contributed by atoms with Gasteiger partial charge in [-0.05, 0) is 33.5 Å². The number of aliphatic hydroxyl groups is 2. The van der Waals surface area contributed by atoms with E-state index in [0.717, 1.165) is 0 Å². The Hall–Kier alpha value is 0.397. The van der Waals surface area contributed by atoms with Crippen molar-refractivity contribution in [1.82, 2.24) is 4.90 Å². The minimum absolute atomic E-state index is 0. The molecule has 0 aliphatic rings. The van der Waals surface area contributed by atoms with Crippen LogP contribution in [-0.2, 0) is 0 Å². The zero-order valence-electron chi connectivity index (χ0n) is 16.9. The zero-order valence-corrected chi connectivity index (χ0v) is 15.9. The number of rotatable bonds is 5. The van der Waals surface area contributed by atoms with Gasteiger partial charge in [-0.15, -0.1) is 0 Å². The number of nitrogens with two attached hydrogens (primary N) is 2. The normalized spacial score (nSPS) is 9.14. The van der Waals surface area contributed by atoms with Gasteiger partial charge in [0.25, 0.3) is 0 Å². The van der Waals surface area contributed by atoms with Gasteiger partial charge in [-0.1, -0.05) is 47.5 Å². The van der Waals surface area contributed by atoms with E-state index in [-0.39, 0.29) is 26.9 Å². The second-order valence-corrected chi connectivity index (χ2v) is 4.79. The number of aliphatic hydroxyl groups excluding tert-OH is 1. The smallest absolute Gasteiger partial charge is 1.00 e. The van der Waals surface area contributed by atoms with Crippen LogP contribution in [0.15, 0.2) is 0 Å². The van der Waals surface area contributed by atoms with Crippen molar-refractivity contribution >= 4 is 0 Å². The van der Waals surface area contributed by atoms with Crippen LogP contribution in [0.25, 0.3) is 0 Å². The van der Waals surface area contributed by atoms with E-state index in [2.05, 4.69) is 39.5 Å². The van der Waals surface area contributed by atoms with Crippen molar-refractivity contribution in [3.8, 4) is 0 Å². The van der Waals surface area contributed by atoms with Gasteiger partial charge in [0, 0.05) is 6.54 Å². The molecule has 6 N–H and O–H groups in total. The van der Waals surface area contributed by atoms with Crippen molar-refractivity contribution in [3.05, 3.63) is 0 Å². The minimum Gasteiger partial charge on any atom is -1.00 e. The summed E-state index contributed by atoms with van der Waals surface area (Å²) >= 11 is 0. The monoisotopic (exact) mass is 303 g/mol. The summed E-state index contributed by atoms with van der Waals surface area (Å²) in [4.78, 5) is 2.38. The average Bonchev–Trinajstić information content (AvgIpc) is 2.39. The molecule has 0 unspecified atom stereocenters. The van der Waals surface area contributed by atoms with Crippen LogP contribution in [0.1, 0.15) is 62.7 Å². The summed E-state index contributed by atoms with van der Waals surface area (Å²) in [6.45, 7) is 18.0. The summed E-state index contributed by atoms with van der Waals surface area (Å²) in [6.07, 6.45) is 2.64. The van der Waals surface area contributed by atoms with Crippen LogP contribution < -0.4 is 30.3 Å². The van der Waals surface area contributed by atoms with Crippen LogP contribution in [0.5, 0.6) is 0 Å². The topological polar surface area (TPSA) is 95.7 Å². The molecule has 0 saturated carbocycles. The Morgan fingerprint density at radius 2 is 1.14 bits per heavy atom. The van der Waals surface area contributed by atoms with E-state index >= 15 is 0 Å². The first-order valence-corrected chi connectivity index (χ1v) is 7.72. The molecule has 0 bridgehead atoms. The first-order valence-electron chi connectivity index (χ1n) is 7.72. The van der Waals surface area contributed by atoms with E-state index in [4.69, 9.17) is 21.7 Å². The quantitative estimate of drug-likeness (QED) is 0.381. The van der Waals surface area contributed by atoms with Gasteiger partial charge in [-0.3, -0.25) is 0 Å². The fourth-order valence-electron chi connectivity index (χ4n) is 0.671. The molecule has 0 heterocycles. The molecule has 0 rings (SSSR count). The molecule has 0 fully saturated rings. The largest absolute Gasteiger partial charge is 1.00 e. The van der Waals surface area contributed by atoms with E-state index in [1.54, 1.807) is 0 Å². The molecule has 130 valence electrons. The van der Waals surface area contributed by atoms with E-state index in [1.165, 1.54) is 46.3 Å². The summed E-state index contributed by atoms with van der Waals surface area (Å²) < 4.78 is 0. The van der Waals surface area contributed by atoms with E-state index in [9.17, 15) is 0 Å². The van der Waals surface area contributed by atoms with Crippen LogP contribution in [0.3, 0.4) is 0 Å². The van der Waals surface area contributed by atoms with Crippen molar-refractivity contribution in [1.29, 1.82) is 0 Å². The molecule has 21 heavy (non-hydrogen) atoms. The maximum Gasteiger partial charge on any atom is 1.00 e. The van der Waals surface area contributed by atoms with Crippen molar-refractivity contribution < 1.29 is 30.5 Å². The molecule has 0 amide bonds. The Morgan fingerprint density at radius 1 is 0.952 bits per heavy atom. The van der Waals surface area contributed by atoms with Gasteiger partial charge in [-0.2, -0.15) is 0 Å². The summed E-state index contributed by atoms with van der Waals surface area (Å²) in [6, 6.07) is 0. The fraction of sp³-hybridized carbons (Fsp3) is 1.00. The van der Waals surface area contributed by atoms with Crippen LogP contribution in [0, 0.1) is 0 Å². The standard InChI is InChI=1S/C6H15N.C4H10.C3H9NO.C2H7NO.Li.H/c1-4-7(5-2)6-3;1-3-4-2;1-3(2,4)5;3-1-2-4;;/h4-6H2,1-3H3;3-4H2,1-2H3;5H,4H2,1-2H3;4H,1-3H2;;/q;;;;+1;-1. The third kappa shape index (κ3) is 97.9. The molecule has 0 aliphatic heterocycles. The van der Waals surface area contributed by atoms with Crippen LogP contribution >= 0.6 is 0 Å². The summed E-state index contributed by atoms with van der Waals surface area (Å²) in [5, 5.41) is 16.0. The van der Waals surface area contributed by atoms with Gasteiger partial charge in [0.1, 0.15) is 5.72 Å². The number of unbranched alkanes of at least 4 members (excludes halogenated alkanes) is 1. The zero-order chi connectivity index (χ0) is 17.0. The molecular weight excluding hydrogens is 261 g/mol. The molecule has 0 aromatic rings. The Bertz CT molecular complexity index is 128. The maximum atomic E-state index is 8.30. The van der Waals surface area contributed by atoms with Gasteiger partial charge in [-0.25, -0.2) is 0 Å². The summed E-state index contributed by atoms with van der Waals surface area (Å²) in [5.74, 6) is 0. The third-order valence-electron chi connectivity index (χ3n) is 1.97. The molecule has 0 spiro atoms. The first kappa shape index (κ1) is 33.1. The molecular formula is C15H42LiN3O2. The Labute approximate surface area is 147 Å². The molecule has 6 heteroatoms. The number of hydrogen-bond acceptors (Lipinski definition) is 5. The molecule has 0 saturated heterocycles. The number of nitrogens with zero attached hydrogens (tertiary/aromatic N) is 1. The van der Waals surface area contributed by atoms with E-state index in [1.807, 2.05) is 0 Å². The van der Waals surface area contributed by atoms with Crippen LogP contribution in [0.4, 0.5) is 0 Å². The Balaban J connectivity index is -0.0000000387. The van der Waals surface area contributed by atoms with Crippen molar-refractivity contribution in [2.75, 3.05) is 32.8 Å². The van der Waals surface area contributed by atoms with E-state index < -0.39 is 5.72 Å². The predicted octanol–water partition coefficient (Wildman–Crippen LogP) is -1.12. The molecule has 0 atom stereocenters. The van der Waals surface area contributed by atoms with Gasteiger partial charge >= 0.3 is 18.9 Å². The molecule has 0 aromatic heterocycles. The Morgan fingerprint density at radius 3 is 1.14 bits per heavy atom. The molecule has 0 radical (unpaired) electrons. The van der Waals surface area contributed by atoms with Gasteiger partial charge in [0.2, 0.25) is 0 Å². The van der Waals surface area contributed by atoms with Crippen molar-refractivity contribution in [2.24, 2.45) is 11.5 Å². The maximum absolute atomic E-state index is 8.30. The molecule has 5 nitrogen and oxygen atoms in total. The second kappa shape index (κ2) is 28.5.